The van der Waals surface area contributed by atoms with Crippen LogP contribution >= 0.6 is 11.6 Å². The van der Waals surface area contributed by atoms with Crippen molar-refractivity contribution in [1.82, 2.24) is 20.4 Å². The summed E-state index contributed by atoms with van der Waals surface area (Å²) in [6.07, 6.45) is -0.584. The van der Waals surface area contributed by atoms with Crippen molar-refractivity contribution >= 4 is 29.3 Å². The molecule has 2 N–H and O–H groups in total. The average Bonchev–Trinajstić information content (AvgIpc) is 3.08. The second-order valence-electron chi connectivity index (χ2n) is 8.83. The molecule has 0 spiro atoms. The highest BCUT2D eigenvalue weighted by Gasteiger charge is 2.31. The van der Waals surface area contributed by atoms with Gasteiger partial charge in [0.05, 0.1) is 25.9 Å². The van der Waals surface area contributed by atoms with Crippen LogP contribution in [0.25, 0.3) is 0 Å². The molecule has 0 unspecified atom stereocenters. The zero-order valence-corrected chi connectivity index (χ0v) is 20.2. The molecule has 0 saturated carbocycles. The van der Waals surface area contributed by atoms with Crippen molar-refractivity contribution in [1.29, 1.82) is 0 Å². The van der Waals surface area contributed by atoms with Gasteiger partial charge in [-0.2, -0.15) is 4.98 Å². The van der Waals surface area contributed by atoms with Gasteiger partial charge in [-0.3, -0.25) is 9.69 Å². The second kappa shape index (κ2) is 10.2. The summed E-state index contributed by atoms with van der Waals surface area (Å²) in [4.78, 5) is 30.5. The number of likely N-dealkylation sites (N-methyl/N-ethyl adjacent to an activating group) is 1. The van der Waals surface area contributed by atoms with Crippen molar-refractivity contribution in [2.75, 3.05) is 26.0 Å². The minimum Gasteiger partial charge on any atom is -0.495 e. The van der Waals surface area contributed by atoms with E-state index in [1.165, 1.54) is 7.11 Å². The third-order valence-electron chi connectivity index (χ3n) is 4.09. The first kappa shape index (κ1) is 25.4. The molecule has 1 aromatic carbocycles. The summed E-state index contributed by atoms with van der Waals surface area (Å²) >= 11 is 5.99. The lowest BCUT2D eigenvalue weighted by Gasteiger charge is -2.26. The normalized spacial score (nSPS) is 11.9. The maximum Gasteiger partial charge on any atom is 0.408 e. The average molecular weight is 468 g/mol. The van der Waals surface area contributed by atoms with E-state index in [1.54, 1.807) is 64.8 Å². The number of alkyl carbamates (subject to hydrolysis) is 1. The van der Waals surface area contributed by atoms with E-state index in [9.17, 15) is 9.59 Å². The zero-order valence-electron chi connectivity index (χ0n) is 19.4. The van der Waals surface area contributed by atoms with E-state index in [-0.39, 0.29) is 19.0 Å². The largest absolute Gasteiger partial charge is 0.495 e. The molecule has 2 rings (SSSR count). The number of aromatic nitrogens is 2. The number of rotatable bonds is 8. The van der Waals surface area contributed by atoms with Crippen LogP contribution in [-0.2, 0) is 21.6 Å². The lowest BCUT2D eigenvalue weighted by Crippen LogP contribution is -2.44. The molecule has 0 atom stereocenters. The first-order valence-corrected chi connectivity index (χ1v) is 10.3. The second-order valence-corrected chi connectivity index (χ2v) is 9.27. The third-order valence-corrected chi connectivity index (χ3v) is 4.33. The Hall–Kier alpha value is -2.85. The van der Waals surface area contributed by atoms with Gasteiger partial charge in [0.15, 0.2) is 5.82 Å². The number of carbonyl (C=O) groups excluding carboxylic acids is 2. The summed E-state index contributed by atoms with van der Waals surface area (Å²) < 4.78 is 15.8. The topological polar surface area (TPSA) is 119 Å². The maximum atomic E-state index is 12.4. The van der Waals surface area contributed by atoms with Gasteiger partial charge in [0.25, 0.3) is 0 Å². The van der Waals surface area contributed by atoms with Gasteiger partial charge in [-0.25, -0.2) is 4.79 Å². The fraction of sp³-hybridized carbons (Fsp3) is 0.524. The van der Waals surface area contributed by atoms with Crippen LogP contribution in [-0.4, -0.2) is 53.3 Å². The maximum absolute atomic E-state index is 12.4. The Morgan fingerprint density at radius 1 is 1.22 bits per heavy atom. The number of carbonyl (C=O) groups is 2. The van der Waals surface area contributed by atoms with E-state index in [0.717, 1.165) is 0 Å². The van der Waals surface area contributed by atoms with Gasteiger partial charge in [-0.05, 0) is 59.9 Å². The molecule has 0 radical (unpaired) electrons. The van der Waals surface area contributed by atoms with Crippen LogP contribution in [0.4, 0.5) is 10.5 Å². The van der Waals surface area contributed by atoms with Crippen molar-refractivity contribution < 1.29 is 23.6 Å². The minimum atomic E-state index is -0.914. The van der Waals surface area contributed by atoms with Crippen LogP contribution in [0.15, 0.2) is 22.7 Å². The number of halogens is 1. The zero-order chi connectivity index (χ0) is 24.1. The molecule has 1 heterocycles. The number of benzene rings is 1. The molecule has 11 heteroatoms. The molecule has 10 nitrogen and oxygen atoms in total. The van der Waals surface area contributed by atoms with Crippen LogP contribution < -0.4 is 15.4 Å². The Kier molecular flexibility index (Phi) is 8.08. The Morgan fingerprint density at radius 2 is 1.91 bits per heavy atom. The first-order chi connectivity index (χ1) is 14.8. The number of hydrogen-bond acceptors (Lipinski definition) is 8. The van der Waals surface area contributed by atoms with Gasteiger partial charge in [-0.1, -0.05) is 16.8 Å². The standard InChI is InChI=1S/C21H30ClN5O5/c1-20(2,3)31-19(29)25-21(4,5)18-24-17(32-26-18)12-27(6)11-16(28)23-14-10-13(22)8-9-15(14)30-7/h8-10H,11-12H2,1-7H3,(H,23,28)(H,25,29). The molecule has 0 aliphatic carbocycles. The number of amides is 2. The van der Waals surface area contributed by atoms with E-state index in [2.05, 4.69) is 20.8 Å². The molecule has 1 aromatic heterocycles. The molecule has 32 heavy (non-hydrogen) atoms. The summed E-state index contributed by atoms with van der Waals surface area (Å²) in [6.45, 7) is 9.10. The van der Waals surface area contributed by atoms with Crippen molar-refractivity contribution in [3.63, 3.8) is 0 Å². The molecule has 0 aliphatic heterocycles. The highest BCUT2D eigenvalue weighted by atomic mass is 35.5. The summed E-state index contributed by atoms with van der Waals surface area (Å²) in [6, 6.07) is 4.96. The third kappa shape index (κ3) is 7.69. The predicted molar refractivity (Wildman–Crippen MR) is 120 cm³/mol. The van der Waals surface area contributed by atoms with Crippen LogP contribution in [0.5, 0.6) is 5.75 Å². The van der Waals surface area contributed by atoms with Crippen LogP contribution in [0.3, 0.4) is 0 Å². The van der Waals surface area contributed by atoms with Crippen LogP contribution in [0, 0.1) is 0 Å². The molecular weight excluding hydrogens is 438 g/mol. The molecular formula is C21H30ClN5O5. The minimum absolute atomic E-state index is 0.0624. The highest BCUT2D eigenvalue weighted by Crippen LogP contribution is 2.27. The summed E-state index contributed by atoms with van der Waals surface area (Å²) in [5.74, 6) is 0.834. The number of anilines is 1. The number of ether oxygens (including phenoxy) is 2. The van der Waals surface area contributed by atoms with E-state index >= 15 is 0 Å². The predicted octanol–water partition coefficient (Wildman–Crippen LogP) is 3.56. The first-order valence-electron chi connectivity index (χ1n) is 9.95. The van der Waals surface area contributed by atoms with E-state index in [0.29, 0.717) is 28.2 Å². The lowest BCUT2D eigenvalue weighted by atomic mass is 10.1. The molecule has 0 aliphatic rings. The number of nitrogens with zero attached hydrogens (tertiary/aromatic N) is 3. The van der Waals surface area contributed by atoms with Crippen molar-refractivity contribution in [3.05, 3.63) is 34.9 Å². The quantitative estimate of drug-likeness (QED) is 0.604. The molecule has 176 valence electrons. The molecule has 0 fully saturated rings. The van der Waals surface area contributed by atoms with Gasteiger partial charge in [0.1, 0.15) is 16.9 Å². The Labute approximate surface area is 192 Å². The van der Waals surface area contributed by atoms with Gasteiger partial charge in [0, 0.05) is 5.02 Å². The SMILES string of the molecule is COc1ccc(Cl)cc1NC(=O)CN(C)Cc1nc(C(C)(C)NC(=O)OC(C)(C)C)no1. The number of nitrogens with one attached hydrogen (secondary N) is 2. The fourth-order valence-electron chi connectivity index (χ4n) is 2.69. The summed E-state index contributed by atoms with van der Waals surface area (Å²) in [7, 11) is 3.25. The van der Waals surface area contributed by atoms with Crippen molar-refractivity contribution in [2.24, 2.45) is 0 Å². The Bertz CT molecular complexity index is 954. The summed E-state index contributed by atoms with van der Waals surface area (Å²) in [5.41, 5.74) is -1.06. The van der Waals surface area contributed by atoms with E-state index < -0.39 is 17.2 Å². The van der Waals surface area contributed by atoms with E-state index in [4.69, 9.17) is 25.6 Å². The number of methoxy groups -OCH3 is 1. The lowest BCUT2D eigenvalue weighted by molar-refractivity contribution is -0.117. The van der Waals surface area contributed by atoms with Gasteiger partial charge in [0.2, 0.25) is 11.8 Å². The fourth-order valence-corrected chi connectivity index (χ4v) is 2.86. The van der Waals surface area contributed by atoms with Crippen molar-refractivity contribution in [3.8, 4) is 5.75 Å². The number of hydrogen-bond donors (Lipinski definition) is 2. The van der Waals surface area contributed by atoms with Gasteiger partial charge < -0.3 is 24.6 Å². The van der Waals surface area contributed by atoms with Gasteiger partial charge in [-0.15, -0.1) is 0 Å². The monoisotopic (exact) mass is 467 g/mol. The molecule has 2 aromatic rings. The van der Waals surface area contributed by atoms with Gasteiger partial charge >= 0.3 is 6.09 Å². The smallest absolute Gasteiger partial charge is 0.408 e. The van der Waals surface area contributed by atoms with Crippen LogP contribution in [0.2, 0.25) is 5.02 Å². The van der Waals surface area contributed by atoms with E-state index in [1.807, 2.05) is 0 Å². The van der Waals surface area contributed by atoms with Crippen LogP contribution in [0.1, 0.15) is 46.3 Å². The van der Waals surface area contributed by atoms with Crippen molar-refractivity contribution in [2.45, 2.75) is 52.3 Å². The Morgan fingerprint density at radius 3 is 2.53 bits per heavy atom. The molecule has 2 amide bonds. The Balaban J connectivity index is 1.94. The molecule has 0 bridgehead atoms. The highest BCUT2D eigenvalue weighted by molar-refractivity contribution is 6.31. The molecule has 0 saturated heterocycles. The summed E-state index contributed by atoms with van der Waals surface area (Å²) in [5, 5.41) is 9.93.